The van der Waals surface area contributed by atoms with Gasteiger partial charge in [-0.15, -0.1) is 0 Å². The molecular weight excluding hydrogens is 349 g/mol. The van der Waals surface area contributed by atoms with Crippen molar-refractivity contribution in [3.8, 4) is 5.75 Å². The maximum Gasteiger partial charge on any atom is 0.327 e. The van der Waals surface area contributed by atoms with E-state index >= 15 is 0 Å². The summed E-state index contributed by atoms with van der Waals surface area (Å²) >= 11 is 0. The minimum atomic E-state index is -3.93. The summed E-state index contributed by atoms with van der Waals surface area (Å²) in [5.74, 6) is -1.41. The third-order valence-corrected chi connectivity index (χ3v) is 4.79. The Labute approximate surface area is 145 Å². The van der Waals surface area contributed by atoms with Gasteiger partial charge in [0.2, 0.25) is 10.0 Å². The van der Waals surface area contributed by atoms with Gasteiger partial charge in [0.25, 0.3) is 0 Å². The van der Waals surface area contributed by atoms with Crippen LogP contribution in [0.25, 0.3) is 0 Å². The fourth-order valence-corrected chi connectivity index (χ4v) is 3.67. The maximum absolute atomic E-state index is 13.2. The molecule has 0 aliphatic carbocycles. The van der Waals surface area contributed by atoms with Crippen molar-refractivity contribution in [2.45, 2.75) is 12.5 Å². The number of benzene rings is 2. The number of ether oxygens (including phenoxy) is 1. The van der Waals surface area contributed by atoms with E-state index in [1.54, 1.807) is 24.3 Å². The van der Waals surface area contributed by atoms with E-state index in [9.17, 15) is 22.7 Å². The molecule has 0 aliphatic rings. The van der Waals surface area contributed by atoms with Crippen molar-refractivity contribution in [3.05, 3.63) is 59.9 Å². The Hall–Kier alpha value is -2.61. The first-order valence-electron chi connectivity index (χ1n) is 7.33. The van der Waals surface area contributed by atoms with Crippen LogP contribution in [0.15, 0.2) is 48.5 Å². The van der Waals surface area contributed by atoms with E-state index in [0.29, 0.717) is 11.3 Å². The van der Waals surface area contributed by atoms with Crippen LogP contribution >= 0.6 is 0 Å². The van der Waals surface area contributed by atoms with Crippen molar-refractivity contribution >= 4 is 21.7 Å². The topological polar surface area (TPSA) is 83.9 Å². The van der Waals surface area contributed by atoms with Gasteiger partial charge in [0.15, 0.2) is 0 Å². The first-order valence-corrected chi connectivity index (χ1v) is 9.18. The molecule has 0 spiro atoms. The number of rotatable bonds is 7. The summed E-state index contributed by atoms with van der Waals surface area (Å²) in [6.45, 7) is 0. The fraction of sp³-hybridized carbons (Fsp3) is 0.235. The number of halogens is 1. The molecule has 2 aromatic carbocycles. The van der Waals surface area contributed by atoms with Crippen LogP contribution in [0.3, 0.4) is 0 Å². The molecule has 1 atom stereocenters. The number of aliphatic carboxylic acids is 1. The SMILES string of the molecule is COc1ccccc1C[C@H](C(=O)O)N(c1ccc(F)cc1)S(C)(=O)=O. The van der Waals surface area contributed by atoms with Crippen LogP contribution in [-0.2, 0) is 21.2 Å². The Morgan fingerprint density at radius 1 is 1.20 bits per heavy atom. The molecule has 0 saturated heterocycles. The number of carboxylic acids is 1. The van der Waals surface area contributed by atoms with Gasteiger partial charge in [0.1, 0.15) is 17.6 Å². The van der Waals surface area contributed by atoms with Crippen LogP contribution < -0.4 is 9.04 Å². The lowest BCUT2D eigenvalue weighted by Gasteiger charge is -2.29. The first kappa shape index (κ1) is 18.7. The quantitative estimate of drug-likeness (QED) is 0.812. The summed E-state index contributed by atoms with van der Waals surface area (Å²) in [5.41, 5.74) is 0.624. The average molecular weight is 367 g/mol. The zero-order valence-electron chi connectivity index (χ0n) is 13.7. The molecule has 0 heterocycles. The molecule has 0 bridgehead atoms. The van der Waals surface area contributed by atoms with Gasteiger partial charge >= 0.3 is 5.97 Å². The summed E-state index contributed by atoms with van der Waals surface area (Å²) in [7, 11) is -2.48. The van der Waals surface area contributed by atoms with Crippen LogP contribution in [0.1, 0.15) is 5.56 Å². The number of para-hydroxylation sites is 1. The predicted molar refractivity (Wildman–Crippen MR) is 91.8 cm³/mol. The molecule has 0 aliphatic heterocycles. The summed E-state index contributed by atoms with van der Waals surface area (Å²) in [4.78, 5) is 11.8. The van der Waals surface area contributed by atoms with Gasteiger partial charge in [-0.1, -0.05) is 18.2 Å². The predicted octanol–water partition coefficient (Wildman–Crippen LogP) is 2.30. The minimum Gasteiger partial charge on any atom is -0.496 e. The van der Waals surface area contributed by atoms with E-state index < -0.39 is 27.9 Å². The molecule has 2 rings (SSSR count). The summed E-state index contributed by atoms with van der Waals surface area (Å²) in [6, 6.07) is 9.98. The molecule has 8 heteroatoms. The second kappa shape index (κ2) is 7.52. The summed E-state index contributed by atoms with van der Waals surface area (Å²) in [5, 5.41) is 9.63. The first-order chi connectivity index (χ1) is 11.7. The standard InChI is InChI=1S/C17H18FNO5S/c1-24-16-6-4-3-5-12(16)11-15(17(20)21)19(25(2,22)23)14-9-7-13(18)8-10-14/h3-10,15H,11H2,1-2H3,(H,20,21)/t15-/m1/s1. The van der Waals surface area contributed by atoms with Crippen LogP contribution in [-0.4, -0.2) is 38.9 Å². The summed E-state index contributed by atoms with van der Waals surface area (Å²) < 4.78 is 43.6. The van der Waals surface area contributed by atoms with Gasteiger partial charge in [0.05, 0.1) is 19.1 Å². The zero-order chi connectivity index (χ0) is 18.6. The van der Waals surface area contributed by atoms with Gasteiger partial charge in [-0.05, 0) is 35.9 Å². The Bertz CT molecular complexity index is 852. The van der Waals surface area contributed by atoms with E-state index in [1.807, 2.05) is 0 Å². The molecule has 0 aromatic heterocycles. The Kier molecular flexibility index (Phi) is 5.63. The van der Waals surface area contributed by atoms with Crippen LogP contribution in [0.2, 0.25) is 0 Å². The molecule has 0 fully saturated rings. The van der Waals surface area contributed by atoms with Gasteiger partial charge in [-0.25, -0.2) is 17.6 Å². The third-order valence-electron chi connectivity index (χ3n) is 3.61. The van der Waals surface area contributed by atoms with E-state index in [2.05, 4.69) is 0 Å². The normalized spacial score (nSPS) is 12.4. The monoisotopic (exact) mass is 367 g/mol. The van der Waals surface area contributed by atoms with Crippen molar-refractivity contribution in [3.63, 3.8) is 0 Å². The van der Waals surface area contributed by atoms with Gasteiger partial charge in [-0.3, -0.25) is 4.31 Å². The number of carbonyl (C=O) groups is 1. The Balaban J connectivity index is 2.50. The van der Waals surface area contributed by atoms with Crippen LogP contribution in [0.4, 0.5) is 10.1 Å². The highest BCUT2D eigenvalue weighted by molar-refractivity contribution is 7.92. The number of sulfonamides is 1. The lowest BCUT2D eigenvalue weighted by Crippen LogP contribution is -2.46. The van der Waals surface area contributed by atoms with E-state index in [1.165, 1.54) is 19.2 Å². The average Bonchev–Trinajstić information content (AvgIpc) is 2.55. The summed E-state index contributed by atoms with van der Waals surface area (Å²) in [6.07, 6.45) is 0.804. The van der Waals surface area contributed by atoms with Crippen LogP contribution in [0, 0.1) is 5.82 Å². The van der Waals surface area contributed by atoms with Crippen molar-refractivity contribution in [2.75, 3.05) is 17.7 Å². The molecule has 0 amide bonds. The zero-order valence-corrected chi connectivity index (χ0v) is 14.5. The molecule has 6 nitrogen and oxygen atoms in total. The van der Waals surface area contributed by atoms with Crippen LogP contribution in [0.5, 0.6) is 5.75 Å². The molecule has 0 radical (unpaired) electrons. The second-order valence-electron chi connectivity index (χ2n) is 5.41. The minimum absolute atomic E-state index is 0.0752. The number of hydrogen-bond donors (Lipinski definition) is 1. The van der Waals surface area contributed by atoms with E-state index in [0.717, 1.165) is 22.7 Å². The Morgan fingerprint density at radius 2 is 1.80 bits per heavy atom. The fourth-order valence-electron chi connectivity index (χ4n) is 2.54. The largest absolute Gasteiger partial charge is 0.496 e. The molecule has 25 heavy (non-hydrogen) atoms. The second-order valence-corrected chi connectivity index (χ2v) is 7.26. The van der Waals surface area contributed by atoms with Gasteiger partial charge in [-0.2, -0.15) is 0 Å². The Morgan fingerprint density at radius 3 is 2.32 bits per heavy atom. The van der Waals surface area contributed by atoms with Gasteiger partial charge in [0, 0.05) is 6.42 Å². The molecular formula is C17H18FNO5S. The highest BCUT2D eigenvalue weighted by Gasteiger charge is 2.33. The maximum atomic E-state index is 13.2. The number of carboxylic acid groups (broad SMARTS) is 1. The number of nitrogens with zero attached hydrogens (tertiary/aromatic N) is 1. The number of hydrogen-bond acceptors (Lipinski definition) is 4. The van der Waals surface area contributed by atoms with E-state index in [-0.39, 0.29) is 12.1 Å². The molecule has 2 aromatic rings. The van der Waals surface area contributed by atoms with Crippen molar-refractivity contribution < 1.29 is 27.4 Å². The highest BCUT2D eigenvalue weighted by atomic mass is 32.2. The van der Waals surface area contributed by atoms with Crippen molar-refractivity contribution in [1.82, 2.24) is 0 Å². The third kappa shape index (κ3) is 4.48. The number of anilines is 1. The smallest absolute Gasteiger partial charge is 0.327 e. The highest BCUT2D eigenvalue weighted by Crippen LogP contribution is 2.26. The molecule has 0 saturated carbocycles. The lowest BCUT2D eigenvalue weighted by molar-refractivity contribution is -0.138. The lowest BCUT2D eigenvalue weighted by atomic mass is 10.0. The van der Waals surface area contributed by atoms with E-state index in [4.69, 9.17) is 4.74 Å². The van der Waals surface area contributed by atoms with Crippen molar-refractivity contribution in [1.29, 1.82) is 0 Å². The van der Waals surface area contributed by atoms with Crippen molar-refractivity contribution in [2.24, 2.45) is 0 Å². The van der Waals surface area contributed by atoms with Gasteiger partial charge < -0.3 is 9.84 Å². The number of methoxy groups -OCH3 is 1. The molecule has 134 valence electrons. The molecule has 1 N–H and O–H groups in total. The molecule has 0 unspecified atom stereocenters.